The zero-order valence-electron chi connectivity index (χ0n) is 8.49. The Morgan fingerprint density at radius 1 is 1.36 bits per heavy atom. The number of Topliss-reactive ketones (excluding diaryl/α,β-unsaturated/α-hetero) is 1. The number of carbonyl (C=O) groups excluding carboxylic acids is 1. The van der Waals surface area contributed by atoms with Crippen LogP contribution >= 0.6 is 0 Å². The third-order valence-corrected chi connectivity index (χ3v) is 4.09. The molecule has 0 radical (unpaired) electrons. The Hall–Kier alpha value is -0.410. The highest BCUT2D eigenvalue weighted by atomic mass is 16.7. The van der Waals surface area contributed by atoms with Gasteiger partial charge in [-0.05, 0) is 12.8 Å². The summed E-state index contributed by atoms with van der Waals surface area (Å²) in [6.07, 6.45) is 2.85. The molecule has 0 bridgehead atoms. The standard InChI is InChI=1S/C11H16O3/c1-7-6-9-8(10(7)12)2-3-11(9)13-4-5-14-11/h7-9H,2-6H2,1H3. The van der Waals surface area contributed by atoms with Crippen molar-refractivity contribution in [3.05, 3.63) is 0 Å². The van der Waals surface area contributed by atoms with Crippen LogP contribution in [-0.4, -0.2) is 24.8 Å². The molecule has 0 aromatic carbocycles. The second-order valence-corrected chi connectivity index (χ2v) is 4.80. The summed E-state index contributed by atoms with van der Waals surface area (Å²) in [5, 5.41) is 0. The Labute approximate surface area is 83.8 Å². The summed E-state index contributed by atoms with van der Waals surface area (Å²) in [6.45, 7) is 3.43. The fourth-order valence-corrected chi connectivity index (χ4v) is 3.43. The first-order chi connectivity index (χ1) is 6.73. The molecular weight excluding hydrogens is 180 g/mol. The van der Waals surface area contributed by atoms with E-state index in [-0.39, 0.29) is 17.6 Å². The first kappa shape index (κ1) is 8.86. The van der Waals surface area contributed by atoms with E-state index in [9.17, 15) is 4.79 Å². The maximum Gasteiger partial charge on any atom is 0.172 e. The van der Waals surface area contributed by atoms with Crippen LogP contribution in [0.2, 0.25) is 0 Å². The van der Waals surface area contributed by atoms with Gasteiger partial charge in [-0.15, -0.1) is 0 Å². The van der Waals surface area contributed by atoms with Gasteiger partial charge >= 0.3 is 0 Å². The zero-order valence-corrected chi connectivity index (χ0v) is 8.49. The van der Waals surface area contributed by atoms with Crippen LogP contribution in [0.3, 0.4) is 0 Å². The van der Waals surface area contributed by atoms with Gasteiger partial charge in [-0.2, -0.15) is 0 Å². The molecule has 78 valence electrons. The van der Waals surface area contributed by atoms with Gasteiger partial charge in [-0.1, -0.05) is 6.92 Å². The van der Waals surface area contributed by atoms with E-state index in [2.05, 4.69) is 0 Å². The molecule has 3 nitrogen and oxygen atoms in total. The lowest BCUT2D eigenvalue weighted by molar-refractivity contribution is -0.184. The topological polar surface area (TPSA) is 35.5 Å². The van der Waals surface area contributed by atoms with Crippen molar-refractivity contribution in [2.45, 2.75) is 32.0 Å². The second-order valence-electron chi connectivity index (χ2n) is 4.80. The van der Waals surface area contributed by atoms with Crippen LogP contribution in [0.25, 0.3) is 0 Å². The van der Waals surface area contributed by atoms with E-state index in [1.54, 1.807) is 0 Å². The molecule has 0 amide bonds. The molecule has 2 saturated carbocycles. The van der Waals surface area contributed by atoms with E-state index in [0.717, 1.165) is 19.3 Å². The van der Waals surface area contributed by atoms with E-state index in [1.165, 1.54) is 0 Å². The van der Waals surface area contributed by atoms with Crippen molar-refractivity contribution in [3.63, 3.8) is 0 Å². The van der Waals surface area contributed by atoms with E-state index in [0.29, 0.717) is 24.9 Å². The van der Waals surface area contributed by atoms with Crippen LogP contribution < -0.4 is 0 Å². The molecule has 0 N–H and O–H groups in total. The van der Waals surface area contributed by atoms with Crippen LogP contribution in [0.5, 0.6) is 0 Å². The molecular formula is C11H16O3. The molecule has 3 rings (SSSR count). The minimum absolute atomic E-state index is 0.218. The highest BCUT2D eigenvalue weighted by molar-refractivity contribution is 5.86. The molecule has 0 aromatic rings. The minimum atomic E-state index is -0.370. The zero-order chi connectivity index (χ0) is 9.76. The van der Waals surface area contributed by atoms with Gasteiger partial charge in [0.25, 0.3) is 0 Å². The molecule has 3 heteroatoms. The van der Waals surface area contributed by atoms with E-state index in [4.69, 9.17) is 9.47 Å². The van der Waals surface area contributed by atoms with Gasteiger partial charge < -0.3 is 9.47 Å². The number of ketones is 1. The average Bonchev–Trinajstić information content (AvgIpc) is 2.82. The third kappa shape index (κ3) is 0.971. The molecule has 0 aromatic heterocycles. The van der Waals surface area contributed by atoms with Gasteiger partial charge in [-0.3, -0.25) is 4.79 Å². The molecule has 14 heavy (non-hydrogen) atoms. The van der Waals surface area contributed by atoms with Gasteiger partial charge in [0.15, 0.2) is 5.79 Å². The fourth-order valence-electron chi connectivity index (χ4n) is 3.43. The highest BCUT2D eigenvalue weighted by Gasteiger charge is 2.58. The van der Waals surface area contributed by atoms with E-state index in [1.807, 2.05) is 6.92 Å². The third-order valence-electron chi connectivity index (χ3n) is 4.09. The molecule has 3 unspecified atom stereocenters. The second kappa shape index (κ2) is 2.80. The SMILES string of the molecule is CC1CC2C(CCC23OCCO3)C1=O. The normalized spacial score (nSPS) is 44.9. The molecule has 3 atom stereocenters. The summed E-state index contributed by atoms with van der Waals surface area (Å²) in [5.74, 6) is 0.849. The van der Waals surface area contributed by atoms with Crippen molar-refractivity contribution in [3.8, 4) is 0 Å². The smallest absolute Gasteiger partial charge is 0.172 e. The van der Waals surface area contributed by atoms with Crippen molar-refractivity contribution < 1.29 is 14.3 Å². The lowest BCUT2D eigenvalue weighted by Gasteiger charge is -2.28. The Morgan fingerprint density at radius 2 is 2.07 bits per heavy atom. The van der Waals surface area contributed by atoms with Crippen LogP contribution in [0, 0.1) is 17.8 Å². The molecule has 1 aliphatic heterocycles. The maximum absolute atomic E-state index is 11.8. The Kier molecular flexibility index (Phi) is 1.77. The highest BCUT2D eigenvalue weighted by Crippen LogP contribution is 2.53. The minimum Gasteiger partial charge on any atom is -0.347 e. The van der Waals surface area contributed by atoms with Crippen molar-refractivity contribution in [1.29, 1.82) is 0 Å². The molecule has 3 fully saturated rings. The number of fused-ring (bicyclic) bond motifs is 2. The Morgan fingerprint density at radius 3 is 2.79 bits per heavy atom. The van der Waals surface area contributed by atoms with Gasteiger partial charge in [0.2, 0.25) is 0 Å². The monoisotopic (exact) mass is 196 g/mol. The molecule has 3 aliphatic rings. The number of ether oxygens (including phenoxy) is 2. The Bertz CT molecular complexity index is 268. The summed E-state index contributed by atoms with van der Waals surface area (Å²) in [5.41, 5.74) is 0. The molecule has 1 heterocycles. The van der Waals surface area contributed by atoms with Crippen molar-refractivity contribution in [2.24, 2.45) is 17.8 Å². The lowest BCUT2D eigenvalue weighted by atomic mass is 9.96. The van der Waals surface area contributed by atoms with Crippen LogP contribution in [-0.2, 0) is 14.3 Å². The summed E-state index contributed by atoms with van der Waals surface area (Å²) in [4.78, 5) is 11.8. The number of rotatable bonds is 0. The fraction of sp³-hybridized carbons (Fsp3) is 0.909. The first-order valence-electron chi connectivity index (χ1n) is 5.54. The van der Waals surface area contributed by atoms with E-state index < -0.39 is 0 Å². The molecule has 1 spiro atoms. The summed E-state index contributed by atoms with van der Waals surface area (Å²) < 4.78 is 11.5. The quantitative estimate of drug-likeness (QED) is 0.587. The van der Waals surface area contributed by atoms with Gasteiger partial charge in [0.1, 0.15) is 5.78 Å². The van der Waals surface area contributed by atoms with Crippen molar-refractivity contribution in [1.82, 2.24) is 0 Å². The maximum atomic E-state index is 11.8. The van der Waals surface area contributed by atoms with Gasteiger partial charge in [0, 0.05) is 24.2 Å². The van der Waals surface area contributed by atoms with Crippen LogP contribution in [0.15, 0.2) is 0 Å². The molecule has 2 aliphatic carbocycles. The number of carbonyl (C=O) groups is 1. The van der Waals surface area contributed by atoms with E-state index >= 15 is 0 Å². The Balaban J connectivity index is 1.89. The van der Waals surface area contributed by atoms with Crippen molar-refractivity contribution >= 4 is 5.78 Å². The predicted molar refractivity (Wildman–Crippen MR) is 49.6 cm³/mol. The summed E-state index contributed by atoms with van der Waals surface area (Å²) >= 11 is 0. The summed E-state index contributed by atoms with van der Waals surface area (Å²) in [7, 11) is 0. The van der Waals surface area contributed by atoms with Gasteiger partial charge in [0.05, 0.1) is 13.2 Å². The van der Waals surface area contributed by atoms with Gasteiger partial charge in [-0.25, -0.2) is 0 Å². The van der Waals surface area contributed by atoms with Crippen LogP contribution in [0.1, 0.15) is 26.2 Å². The summed E-state index contributed by atoms with van der Waals surface area (Å²) in [6, 6.07) is 0. The molecule has 1 saturated heterocycles. The average molecular weight is 196 g/mol. The predicted octanol–water partition coefficient (Wildman–Crippen LogP) is 1.36. The van der Waals surface area contributed by atoms with Crippen molar-refractivity contribution in [2.75, 3.05) is 13.2 Å². The first-order valence-corrected chi connectivity index (χ1v) is 5.54. The lowest BCUT2D eigenvalue weighted by Crippen LogP contribution is -2.35. The largest absolute Gasteiger partial charge is 0.347 e. The number of hydrogen-bond acceptors (Lipinski definition) is 3. The van der Waals surface area contributed by atoms with Crippen LogP contribution in [0.4, 0.5) is 0 Å². The number of hydrogen-bond donors (Lipinski definition) is 0.